The Morgan fingerprint density at radius 2 is 1.59 bits per heavy atom. The van der Waals surface area contributed by atoms with Gasteiger partial charge >= 0.3 is 5.97 Å². The molecule has 5 heterocycles. The van der Waals surface area contributed by atoms with Gasteiger partial charge in [0.15, 0.2) is 5.92 Å². The average molecular weight is 832 g/mol. The van der Waals surface area contributed by atoms with Crippen molar-refractivity contribution in [3.63, 3.8) is 0 Å². The molecule has 59 heavy (non-hydrogen) atoms. The van der Waals surface area contributed by atoms with Crippen LogP contribution in [0.3, 0.4) is 0 Å². The summed E-state index contributed by atoms with van der Waals surface area (Å²) >= 11 is 0. The summed E-state index contributed by atoms with van der Waals surface area (Å²) in [5, 5.41) is 18.1. The Hall–Kier alpha value is -1.64. The molecular formula is C47H87N6O6+. The van der Waals surface area contributed by atoms with Crippen molar-refractivity contribution >= 4 is 11.9 Å². The highest BCUT2D eigenvalue weighted by molar-refractivity contribution is 5.76. The fraction of sp³-hybridized carbons (Fsp3) is 0.915. The van der Waals surface area contributed by atoms with E-state index in [9.17, 15) is 14.7 Å². The Morgan fingerprint density at radius 1 is 0.881 bits per heavy atom. The minimum Gasteiger partial charge on any atom is -0.465 e. The number of carbonyl (C=O) groups is 2. The van der Waals surface area contributed by atoms with Crippen LogP contribution in [0.1, 0.15) is 187 Å². The summed E-state index contributed by atoms with van der Waals surface area (Å²) in [5.74, 6) is -0.223. The molecule has 5 fully saturated rings. The normalized spacial score (nSPS) is 31.9. The predicted molar refractivity (Wildman–Crippen MR) is 234 cm³/mol. The highest BCUT2D eigenvalue weighted by atomic mass is 16.6. The largest absolute Gasteiger partial charge is 0.465 e. The van der Waals surface area contributed by atoms with Gasteiger partial charge in [-0.2, -0.15) is 0 Å². The first-order valence-electron chi connectivity index (χ1n) is 24.7. The number of quaternary nitrogens is 1. The second-order valence-electron chi connectivity index (χ2n) is 18.8. The number of aliphatic hydroxyl groups excluding tert-OH is 1. The van der Waals surface area contributed by atoms with Gasteiger partial charge in [-0.3, -0.25) is 9.59 Å². The molecule has 0 aliphatic carbocycles. The van der Waals surface area contributed by atoms with Crippen molar-refractivity contribution in [2.24, 2.45) is 17.4 Å². The highest BCUT2D eigenvalue weighted by Crippen LogP contribution is 2.43. The van der Waals surface area contributed by atoms with E-state index in [2.05, 4.69) is 36.6 Å². The lowest BCUT2D eigenvalue weighted by molar-refractivity contribution is -0.985. The van der Waals surface area contributed by atoms with Gasteiger partial charge < -0.3 is 40.6 Å². The maximum atomic E-state index is 14.2. The number of allylic oxidation sites excluding steroid dienone is 1. The lowest BCUT2D eigenvalue weighted by Gasteiger charge is -2.57. The molecule has 10 unspecified atom stereocenters. The molecule has 0 aromatic carbocycles. The maximum absolute atomic E-state index is 14.2. The Labute approximate surface area is 358 Å². The molecule has 10 atom stereocenters. The predicted octanol–water partition coefficient (Wildman–Crippen LogP) is 5.70. The molecule has 12 nitrogen and oxygen atoms in total. The Kier molecular flexibility index (Phi) is 20.9. The lowest BCUT2D eigenvalue weighted by Crippen LogP contribution is -3.28. The smallest absolute Gasteiger partial charge is 0.319 e. The van der Waals surface area contributed by atoms with Gasteiger partial charge in [0, 0.05) is 38.8 Å². The summed E-state index contributed by atoms with van der Waals surface area (Å²) in [6.45, 7) is 6.83. The number of hydrogen-bond donors (Lipinski definition) is 6. The van der Waals surface area contributed by atoms with Gasteiger partial charge in [0.05, 0.1) is 31.0 Å². The van der Waals surface area contributed by atoms with E-state index in [1.165, 1.54) is 62.7 Å². The molecule has 1 amide bonds. The number of nitrogens with one attached hydrogen (secondary N) is 3. The zero-order valence-corrected chi connectivity index (χ0v) is 37.4. The van der Waals surface area contributed by atoms with E-state index in [4.69, 9.17) is 25.7 Å². The number of rotatable bonds is 28. The van der Waals surface area contributed by atoms with Crippen LogP contribution in [0.25, 0.3) is 0 Å². The highest BCUT2D eigenvalue weighted by Gasteiger charge is 2.67. The quantitative estimate of drug-likeness (QED) is 0.0328. The molecule has 2 spiro atoms. The third-order valence-corrected chi connectivity index (χ3v) is 14.1. The summed E-state index contributed by atoms with van der Waals surface area (Å²) in [6, 6.07) is 0.649. The van der Waals surface area contributed by atoms with Crippen LogP contribution >= 0.6 is 0 Å². The molecule has 0 bridgehead atoms. The number of unbranched alkanes of at least 4 members (excludes halogenated alkanes) is 12. The van der Waals surface area contributed by atoms with E-state index in [1.807, 2.05) is 0 Å². The van der Waals surface area contributed by atoms with Crippen LogP contribution in [0.4, 0.5) is 0 Å². The fourth-order valence-corrected chi connectivity index (χ4v) is 11.2. The number of nitrogens with zero attached hydrogens (tertiary/aromatic N) is 1. The summed E-state index contributed by atoms with van der Waals surface area (Å²) in [5.41, 5.74) is 10.2. The lowest BCUT2D eigenvalue weighted by atomic mass is 9.79. The molecule has 0 saturated carbocycles. The fourth-order valence-electron chi connectivity index (χ4n) is 11.2. The van der Waals surface area contributed by atoms with Gasteiger partial charge in [-0.05, 0) is 83.7 Å². The van der Waals surface area contributed by atoms with Crippen molar-refractivity contribution in [3.05, 3.63) is 12.2 Å². The Balaban J connectivity index is 0.951. The van der Waals surface area contributed by atoms with Gasteiger partial charge in [0.25, 0.3) is 0 Å². The Morgan fingerprint density at radius 3 is 2.27 bits per heavy atom. The van der Waals surface area contributed by atoms with Crippen LogP contribution in [0.5, 0.6) is 0 Å². The molecule has 5 aliphatic rings. The van der Waals surface area contributed by atoms with E-state index < -0.39 is 11.8 Å². The number of ether oxygens (including phenoxy) is 3. The van der Waals surface area contributed by atoms with E-state index >= 15 is 0 Å². The topological polar surface area (TPSA) is 166 Å². The Bertz CT molecular complexity index is 1260. The molecule has 12 heteroatoms. The van der Waals surface area contributed by atoms with Crippen LogP contribution in [-0.4, -0.2) is 103 Å². The third-order valence-electron chi connectivity index (χ3n) is 14.1. The van der Waals surface area contributed by atoms with Crippen molar-refractivity contribution in [3.8, 4) is 0 Å². The van der Waals surface area contributed by atoms with Gasteiger partial charge in [0.1, 0.15) is 17.5 Å². The summed E-state index contributed by atoms with van der Waals surface area (Å²) in [7, 11) is 0. The van der Waals surface area contributed by atoms with Crippen LogP contribution < -0.4 is 27.0 Å². The number of aliphatic hydroxyl groups is 1. The summed E-state index contributed by atoms with van der Waals surface area (Å²) in [6.07, 6.45) is 32.6. The van der Waals surface area contributed by atoms with E-state index in [0.29, 0.717) is 51.7 Å². The SMILES string of the molecule is CCC=CC1CCC2(CC3CCC4C(C(=O)OCCCCCCCCCCCCCCCC(=O)N(CCCN)CC(O)CCN)C5(CCCC(CCC)O5)NC(N2)[NH+]34)O1. The minimum atomic E-state index is -0.696. The van der Waals surface area contributed by atoms with E-state index in [-0.39, 0.29) is 48.1 Å². The molecule has 5 aliphatic heterocycles. The number of nitrogens with two attached hydrogens (primary N) is 2. The van der Waals surface area contributed by atoms with Gasteiger partial charge in [-0.15, -0.1) is 0 Å². The first-order valence-corrected chi connectivity index (χ1v) is 24.7. The van der Waals surface area contributed by atoms with Crippen LogP contribution in [0.15, 0.2) is 12.2 Å². The van der Waals surface area contributed by atoms with Crippen LogP contribution in [-0.2, 0) is 23.8 Å². The molecular weight excluding hydrogens is 745 g/mol. The molecule has 340 valence electrons. The molecule has 0 radical (unpaired) electrons. The molecule has 0 aromatic heterocycles. The van der Waals surface area contributed by atoms with Crippen molar-refractivity contribution < 1.29 is 33.8 Å². The molecule has 5 saturated heterocycles. The third kappa shape index (κ3) is 14.2. The number of amides is 1. The van der Waals surface area contributed by atoms with E-state index in [1.54, 1.807) is 4.90 Å². The van der Waals surface area contributed by atoms with Crippen molar-refractivity contribution in [2.75, 3.05) is 32.8 Å². The molecule has 0 aromatic rings. The monoisotopic (exact) mass is 832 g/mol. The van der Waals surface area contributed by atoms with Crippen molar-refractivity contribution in [1.29, 1.82) is 0 Å². The number of esters is 1. The summed E-state index contributed by atoms with van der Waals surface area (Å²) in [4.78, 5) is 30.2. The zero-order chi connectivity index (χ0) is 41.9. The zero-order valence-electron chi connectivity index (χ0n) is 37.4. The number of hydrogen-bond acceptors (Lipinski definition) is 10. The standard InChI is InChI=1S/C47H86N6O6/c1-3-5-22-40-27-30-46(58-40)35-37-25-26-41-43(47(51-45(50-46)53(37)41)29-19-23-39(59-47)21-4-2)44(56)57-34-18-16-14-12-10-8-6-7-9-11-13-15-17-24-42(55)52(33-20-31-48)36-38(54)28-32-49/h5,22,37-41,43,45,50-51,54H,3-4,6-21,23-36,48-49H2,1-2H3/p+1. The van der Waals surface area contributed by atoms with Gasteiger partial charge in [-0.1, -0.05) is 103 Å². The minimum absolute atomic E-state index is 0.00594. The maximum Gasteiger partial charge on any atom is 0.319 e. The van der Waals surface area contributed by atoms with Crippen LogP contribution in [0.2, 0.25) is 0 Å². The molecule has 5 rings (SSSR count). The van der Waals surface area contributed by atoms with E-state index in [0.717, 1.165) is 103 Å². The molecule has 8 N–H and O–H groups in total. The second-order valence-corrected chi connectivity index (χ2v) is 18.8. The van der Waals surface area contributed by atoms with Gasteiger partial charge in [0.2, 0.25) is 12.2 Å². The van der Waals surface area contributed by atoms with Crippen LogP contribution in [0, 0.1) is 5.92 Å². The van der Waals surface area contributed by atoms with Crippen molar-refractivity contribution in [2.45, 2.75) is 235 Å². The first kappa shape index (κ1) is 48.4. The van der Waals surface area contributed by atoms with Crippen molar-refractivity contribution in [1.82, 2.24) is 15.5 Å². The summed E-state index contributed by atoms with van der Waals surface area (Å²) < 4.78 is 20.0. The number of carbonyl (C=O) groups excluding carboxylic acids is 2. The second kappa shape index (κ2) is 25.5. The van der Waals surface area contributed by atoms with Gasteiger partial charge in [-0.25, -0.2) is 10.6 Å². The first-order chi connectivity index (χ1) is 28.8. The average Bonchev–Trinajstić information content (AvgIpc) is 3.82.